The summed E-state index contributed by atoms with van der Waals surface area (Å²) in [6, 6.07) is 1.00. The minimum atomic E-state index is -3.00. The van der Waals surface area contributed by atoms with E-state index in [1.54, 1.807) is 0 Å². The first-order valence-corrected chi connectivity index (χ1v) is 16.7. The molecule has 0 bridgehead atoms. The molecular weight excluding hydrogens is 513 g/mol. The van der Waals surface area contributed by atoms with E-state index in [4.69, 9.17) is 26.6 Å². The van der Waals surface area contributed by atoms with Gasteiger partial charge in [-0.05, 0) is 0 Å². The topological polar surface area (TPSA) is 55.4 Å². The molecule has 0 saturated heterocycles. The highest BCUT2D eigenvalue weighted by atomic mass is 32.1. The van der Waals surface area contributed by atoms with Gasteiger partial charge in [0.1, 0.15) is 0 Å². The van der Waals surface area contributed by atoms with Gasteiger partial charge in [0.15, 0.2) is 0 Å². The third kappa shape index (κ3) is 13.7. The summed E-state index contributed by atoms with van der Waals surface area (Å²) in [4.78, 5) is 0. The first-order chi connectivity index (χ1) is 13.6. The van der Waals surface area contributed by atoms with Crippen molar-refractivity contribution < 1.29 is 26.6 Å². The van der Waals surface area contributed by atoms with Gasteiger partial charge in [0.2, 0.25) is 0 Å². The van der Waals surface area contributed by atoms with Crippen molar-refractivity contribution in [1.29, 1.82) is 0 Å². The highest BCUT2D eigenvalue weighted by Gasteiger charge is 2.49. The minimum absolute atomic E-state index is 0.426. The summed E-state index contributed by atoms with van der Waals surface area (Å²) in [7, 11) is -5.99. The van der Waals surface area contributed by atoms with Crippen LogP contribution in [-0.2, 0) is 26.6 Å². The predicted octanol–water partition coefficient (Wildman–Crippen LogP) is 2.54. The van der Waals surface area contributed by atoms with Crippen LogP contribution in [0, 0.1) is 0 Å². The Morgan fingerprint density at radius 1 is 0.357 bits per heavy atom. The van der Waals surface area contributed by atoms with E-state index in [2.05, 4.69) is 75.8 Å². The molecule has 0 aliphatic carbocycles. The third-order valence-corrected chi connectivity index (χ3v) is 10.4. The fourth-order valence-corrected chi connectivity index (χ4v) is 10.1. The van der Waals surface area contributed by atoms with Gasteiger partial charge in [0, 0.05) is 86.2 Å². The Kier molecular flexibility index (Phi) is 21.6. The Balaban J connectivity index is 5.42. The van der Waals surface area contributed by atoms with Crippen molar-refractivity contribution >= 4 is 93.4 Å². The summed E-state index contributed by atoms with van der Waals surface area (Å²) in [6.07, 6.45) is 0. The Hall–Kier alpha value is 2.29. The van der Waals surface area contributed by atoms with Crippen LogP contribution in [0.5, 0.6) is 0 Å². The molecule has 0 atom stereocenters. The van der Waals surface area contributed by atoms with Crippen LogP contribution < -0.4 is 0 Å². The van der Waals surface area contributed by atoms with Crippen molar-refractivity contribution in [2.45, 2.75) is 12.1 Å². The number of hydrogen-bond acceptors (Lipinski definition) is 12. The van der Waals surface area contributed by atoms with Crippen LogP contribution in [-0.4, -0.2) is 91.8 Å². The maximum atomic E-state index is 6.05. The quantitative estimate of drug-likeness (QED) is 0.0983. The highest BCUT2D eigenvalue weighted by Crippen LogP contribution is 2.27. The SMILES string of the molecule is SCCO[Si](CC[Si](OCCS)(OCCS)OCCS)(OCCS)OCCS. The molecule has 0 aliphatic heterocycles. The summed E-state index contributed by atoms with van der Waals surface area (Å²) in [5.41, 5.74) is 0. The van der Waals surface area contributed by atoms with E-state index in [1.165, 1.54) is 0 Å². The van der Waals surface area contributed by atoms with Crippen molar-refractivity contribution in [2.75, 3.05) is 74.2 Å². The van der Waals surface area contributed by atoms with Crippen LogP contribution >= 0.6 is 75.8 Å². The van der Waals surface area contributed by atoms with Crippen LogP contribution in [0.2, 0.25) is 12.1 Å². The molecule has 6 nitrogen and oxygen atoms in total. The van der Waals surface area contributed by atoms with Crippen molar-refractivity contribution in [1.82, 2.24) is 0 Å². The zero-order valence-electron chi connectivity index (χ0n) is 16.0. The van der Waals surface area contributed by atoms with E-state index in [9.17, 15) is 0 Å². The normalized spacial score (nSPS) is 12.6. The molecule has 0 N–H and O–H groups in total. The average Bonchev–Trinajstić information content (AvgIpc) is 2.73. The second kappa shape index (κ2) is 19.9. The molecule has 0 unspecified atom stereocenters. The van der Waals surface area contributed by atoms with Gasteiger partial charge in [0.05, 0.1) is 0 Å². The third-order valence-electron chi connectivity index (χ3n) is 3.22. The Bertz CT molecular complexity index is 289. The van der Waals surface area contributed by atoms with Crippen LogP contribution in [0.4, 0.5) is 0 Å². The molecule has 0 radical (unpaired) electrons. The lowest BCUT2D eigenvalue weighted by Gasteiger charge is -2.34. The molecule has 0 saturated carbocycles. The van der Waals surface area contributed by atoms with Crippen molar-refractivity contribution in [3.05, 3.63) is 0 Å². The lowest BCUT2D eigenvalue weighted by atomic mass is 10.9. The van der Waals surface area contributed by atoms with E-state index < -0.39 is 17.6 Å². The van der Waals surface area contributed by atoms with Crippen LogP contribution in [0.15, 0.2) is 0 Å². The van der Waals surface area contributed by atoms with E-state index in [1.807, 2.05) is 0 Å². The zero-order chi connectivity index (χ0) is 21.1. The first kappa shape index (κ1) is 30.3. The number of thiol groups is 6. The molecule has 0 spiro atoms. The molecule has 14 heteroatoms. The van der Waals surface area contributed by atoms with E-state index in [0.29, 0.717) is 86.2 Å². The van der Waals surface area contributed by atoms with E-state index in [-0.39, 0.29) is 0 Å². The minimum Gasteiger partial charge on any atom is -0.373 e. The highest BCUT2D eigenvalue weighted by molar-refractivity contribution is 7.81. The predicted molar refractivity (Wildman–Crippen MR) is 140 cm³/mol. The fourth-order valence-electron chi connectivity index (χ4n) is 2.20. The summed E-state index contributed by atoms with van der Waals surface area (Å²) in [5.74, 6) is 3.38. The van der Waals surface area contributed by atoms with E-state index >= 15 is 0 Å². The van der Waals surface area contributed by atoms with Gasteiger partial charge in [-0.15, -0.1) is 0 Å². The Labute approximate surface area is 205 Å². The second-order valence-electron chi connectivity index (χ2n) is 5.30. The molecule has 0 aliphatic rings. The fraction of sp³-hybridized carbons (Fsp3) is 1.00. The summed E-state index contributed by atoms with van der Waals surface area (Å²) >= 11 is 25.5. The standard InChI is InChI=1S/C14H34O6S6Si2/c21-7-1-15-27(16-2-8-22,17-3-9-23)13-14-28(18-4-10-24,19-5-11-25)20-6-12-26/h21-26H,1-14H2. The van der Waals surface area contributed by atoms with Gasteiger partial charge in [-0.3, -0.25) is 0 Å². The zero-order valence-corrected chi connectivity index (χ0v) is 23.4. The van der Waals surface area contributed by atoms with E-state index in [0.717, 1.165) is 0 Å². The van der Waals surface area contributed by atoms with Crippen molar-refractivity contribution in [3.8, 4) is 0 Å². The first-order valence-electron chi connectivity index (χ1n) is 9.06. The van der Waals surface area contributed by atoms with Gasteiger partial charge < -0.3 is 26.6 Å². The second-order valence-corrected chi connectivity index (χ2v) is 13.4. The van der Waals surface area contributed by atoms with Gasteiger partial charge in [-0.25, -0.2) is 0 Å². The average molecular weight is 547 g/mol. The Morgan fingerprint density at radius 2 is 0.536 bits per heavy atom. The summed E-state index contributed by atoms with van der Waals surface area (Å²) < 4.78 is 36.3. The molecule has 0 amide bonds. The molecule has 0 aromatic heterocycles. The number of hydrogen-bond donors (Lipinski definition) is 6. The molecule has 0 aromatic carbocycles. The number of rotatable bonds is 21. The molecule has 0 rings (SSSR count). The lowest BCUT2D eigenvalue weighted by Crippen LogP contribution is -2.52. The van der Waals surface area contributed by atoms with Gasteiger partial charge in [-0.1, -0.05) is 0 Å². The molecule has 0 heterocycles. The van der Waals surface area contributed by atoms with Crippen LogP contribution in [0.3, 0.4) is 0 Å². The molecule has 0 aromatic rings. The molecule has 170 valence electrons. The van der Waals surface area contributed by atoms with Crippen molar-refractivity contribution in [2.24, 2.45) is 0 Å². The largest absolute Gasteiger partial charge is 0.501 e. The Morgan fingerprint density at radius 3 is 0.679 bits per heavy atom. The smallest absolute Gasteiger partial charge is 0.373 e. The molecular formula is C14H34O6S6Si2. The summed E-state index contributed by atoms with van der Waals surface area (Å²) in [5, 5.41) is 0. The maximum Gasteiger partial charge on any atom is 0.501 e. The molecule has 28 heavy (non-hydrogen) atoms. The van der Waals surface area contributed by atoms with Crippen LogP contribution in [0.1, 0.15) is 0 Å². The van der Waals surface area contributed by atoms with Crippen LogP contribution in [0.25, 0.3) is 0 Å². The lowest BCUT2D eigenvalue weighted by molar-refractivity contribution is 0.0610. The monoisotopic (exact) mass is 546 g/mol. The summed E-state index contributed by atoms with van der Waals surface area (Å²) in [6.45, 7) is 2.56. The van der Waals surface area contributed by atoms with Gasteiger partial charge in [0.25, 0.3) is 0 Å². The maximum absolute atomic E-state index is 6.05. The van der Waals surface area contributed by atoms with Gasteiger partial charge >= 0.3 is 17.6 Å². The van der Waals surface area contributed by atoms with Gasteiger partial charge in [-0.2, -0.15) is 75.8 Å². The van der Waals surface area contributed by atoms with Crippen molar-refractivity contribution in [3.63, 3.8) is 0 Å². The molecule has 0 fully saturated rings.